The topological polar surface area (TPSA) is 147 Å². The minimum absolute atomic E-state index is 0.173. The second kappa shape index (κ2) is 11.8. The van der Waals surface area contributed by atoms with Crippen molar-refractivity contribution in [2.45, 2.75) is 109 Å². The number of likely N-dealkylation sites (N-methyl/N-ethyl adjacent to an activating group) is 1. The summed E-state index contributed by atoms with van der Waals surface area (Å²) in [6.45, 7) is 10.6. The molecule has 0 radical (unpaired) electrons. The molecule has 1 saturated heterocycles. The van der Waals surface area contributed by atoms with Crippen LogP contribution in [0.1, 0.15) is 95.8 Å². The molecule has 5 N–H and O–H groups in total. The summed E-state index contributed by atoms with van der Waals surface area (Å²) in [6.07, 6.45) is 9.00. The zero-order valence-electron chi connectivity index (χ0n) is 25.4. The third-order valence-corrected chi connectivity index (χ3v) is 9.16. The first-order chi connectivity index (χ1) is 19.4. The molecule has 0 spiro atoms. The van der Waals surface area contributed by atoms with Crippen LogP contribution in [0.15, 0.2) is 22.4 Å². The normalized spacial score (nSPS) is 24.5. The Kier molecular flexibility index (Phi) is 8.55. The third kappa shape index (κ3) is 6.65. The van der Waals surface area contributed by atoms with Crippen LogP contribution in [0.5, 0.6) is 5.75 Å². The lowest BCUT2D eigenvalue weighted by Gasteiger charge is -2.33. The van der Waals surface area contributed by atoms with Crippen molar-refractivity contribution in [3.63, 3.8) is 0 Å². The quantitative estimate of drug-likeness (QED) is 0.210. The molecule has 41 heavy (non-hydrogen) atoms. The number of nitrogens with zero attached hydrogens (tertiary/aromatic N) is 4. The highest BCUT2D eigenvalue weighted by molar-refractivity contribution is 6.45. The summed E-state index contributed by atoms with van der Waals surface area (Å²) >= 11 is 0. The van der Waals surface area contributed by atoms with E-state index in [2.05, 4.69) is 43.2 Å². The molecule has 12 heteroatoms. The summed E-state index contributed by atoms with van der Waals surface area (Å²) in [4.78, 5) is 9.30. The second-order valence-electron chi connectivity index (χ2n) is 12.9. The summed E-state index contributed by atoms with van der Waals surface area (Å²) < 4.78 is 24.1. The van der Waals surface area contributed by atoms with Gasteiger partial charge in [0.2, 0.25) is 5.89 Å². The number of ether oxygens (including phenoxy) is 1. The first-order valence-electron chi connectivity index (χ1n) is 15.0. The number of hydrogen-bond donors (Lipinski definition) is 3. The molecule has 2 aromatic rings. The Hall–Kier alpha value is -2.83. The van der Waals surface area contributed by atoms with Crippen molar-refractivity contribution >= 4 is 18.8 Å². The SMILES string of the molecule is Cc1nc(/C(N)=C(\CNc2noc(C3CC(CB4OC(C)(C)C(C)(C)O4)C3)n2)N(C)N)ccc1OC1CCCCC1. The fourth-order valence-corrected chi connectivity index (χ4v) is 5.84. The number of hydrazine groups is 1. The summed E-state index contributed by atoms with van der Waals surface area (Å²) in [5, 5.41) is 8.81. The zero-order chi connectivity index (χ0) is 29.4. The van der Waals surface area contributed by atoms with Crippen LogP contribution < -0.4 is 21.6 Å². The van der Waals surface area contributed by atoms with E-state index in [0.29, 0.717) is 41.4 Å². The Morgan fingerprint density at radius 1 is 1.10 bits per heavy atom. The number of aryl methyl sites for hydroxylation is 1. The minimum atomic E-state index is -0.302. The van der Waals surface area contributed by atoms with Crippen LogP contribution in [-0.4, -0.2) is 58.2 Å². The highest BCUT2D eigenvalue weighted by Crippen LogP contribution is 2.46. The van der Waals surface area contributed by atoms with Crippen molar-refractivity contribution in [1.29, 1.82) is 0 Å². The van der Waals surface area contributed by atoms with Gasteiger partial charge in [0, 0.05) is 13.0 Å². The maximum Gasteiger partial charge on any atom is 0.458 e. The Bertz CT molecular complexity index is 1220. The van der Waals surface area contributed by atoms with Crippen LogP contribution >= 0.6 is 0 Å². The molecule has 3 aliphatic rings. The van der Waals surface area contributed by atoms with Crippen molar-refractivity contribution in [2.24, 2.45) is 17.5 Å². The van der Waals surface area contributed by atoms with Crippen molar-refractivity contribution in [1.82, 2.24) is 20.1 Å². The molecule has 2 aromatic heterocycles. The summed E-state index contributed by atoms with van der Waals surface area (Å²) in [5.41, 5.74) is 8.52. The lowest BCUT2D eigenvalue weighted by Crippen LogP contribution is -2.41. The smallest absolute Gasteiger partial charge is 0.458 e. The molecule has 11 nitrogen and oxygen atoms in total. The van der Waals surface area contributed by atoms with E-state index in [0.717, 1.165) is 43.4 Å². The average Bonchev–Trinajstić information content (AvgIpc) is 3.43. The molecule has 3 heterocycles. The van der Waals surface area contributed by atoms with Gasteiger partial charge >= 0.3 is 7.12 Å². The summed E-state index contributed by atoms with van der Waals surface area (Å²) in [6, 6.07) is 3.83. The zero-order valence-corrected chi connectivity index (χ0v) is 25.4. The fraction of sp³-hybridized carbons (Fsp3) is 0.690. The van der Waals surface area contributed by atoms with E-state index in [1.807, 2.05) is 19.1 Å². The Morgan fingerprint density at radius 3 is 2.41 bits per heavy atom. The monoisotopic (exact) mass is 567 g/mol. The number of anilines is 1. The molecule has 2 saturated carbocycles. The number of pyridine rings is 1. The molecule has 224 valence electrons. The second-order valence-corrected chi connectivity index (χ2v) is 12.9. The molecule has 1 aliphatic heterocycles. The Balaban J connectivity index is 1.15. The minimum Gasteiger partial charge on any atom is -0.489 e. The van der Waals surface area contributed by atoms with Crippen LogP contribution in [0.3, 0.4) is 0 Å². The largest absolute Gasteiger partial charge is 0.489 e. The van der Waals surface area contributed by atoms with Gasteiger partial charge in [-0.05, 0) is 103 Å². The van der Waals surface area contributed by atoms with Crippen LogP contribution in [0.4, 0.5) is 5.95 Å². The van der Waals surface area contributed by atoms with E-state index in [-0.39, 0.29) is 30.3 Å². The average molecular weight is 568 g/mol. The fourth-order valence-electron chi connectivity index (χ4n) is 5.84. The van der Waals surface area contributed by atoms with Crippen molar-refractivity contribution in [2.75, 3.05) is 18.9 Å². The molecule has 3 fully saturated rings. The van der Waals surface area contributed by atoms with Gasteiger partial charge in [-0.1, -0.05) is 6.42 Å². The third-order valence-electron chi connectivity index (χ3n) is 9.16. The van der Waals surface area contributed by atoms with Crippen LogP contribution in [-0.2, 0) is 9.31 Å². The van der Waals surface area contributed by atoms with Gasteiger partial charge in [-0.25, -0.2) is 10.8 Å². The predicted octanol–water partition coefficient (Wildman–Crippen LogP) is 4.62. The maximum absolute atomic E-state index is 6.54. The van der Waals surface area contributed by atoms with Crippen LogP contribution in [0.25, 0.3) is 5.70 Å². The standard InChI is InChI=1S/C29H46BN7O4/c1-18-24(38-21-10-8-7-9-11-21)13-12-22(34-18)25(31)23(37(6)32)17-33-27-35-26(39-36-27)20-14-19(15-20)16-30-40-28(2,3)29(4,5)41-30/h12-13,19-21H,7-11,14-17,31-32H2,1-6H3,(H,33,36)/b25-23-. The Labute approximate surface area is 243 Å². The van der Waals surface area contributed by atoms with E-state index < -0.39 is 0 Å². The number of hydrogen-bond acceptors (Lipinski definition) is 11. The van der Waals surface area contributed by atoms with Crippen molar-refractivity contribution in [3.8, 4) is 5.75 Å². The lowest BCUT2D eigenvalue weighted by atomic mass is 9.64. The van der Waals surface area contributed by atoms with E-state index in [1.54, 1.807) is 7.05 Å². The number of nitrogens with one attached hydrogen (secondary N) is 1. The molecule has 0 amide bonds. The highest BCUT2D eigenvalue weighted by Gasteiger charge is 2.52. The first-order valence-corrected chi connectivity index (χ1v) is 15.0. The number of rotatable bonds is 10. The lowest BCUT2D eigenvalue weighted by molar-refractivity contribution is 0.00578. The molecular formula is C29H46BN7O4. The molecule has 2 aliphatic carbocycles. The van der Waals surface area contributed by atoms with Gasteiger partial charge in [0.1, 0.15) is 5.75 Å². The molecule has 5 rings (SSSR count). The Morgan fingerprint density at radius 2 is 1.78 bits per heavy atom. The van der Waals surface area contributed by atoms with Gasteiger partial charge in [-0.2, -0.15) is 4.98 Å². The molecule has 0 atom stereocenters. The van der Waals surface area contributed by atoms with Gasteiger partial charge < -0.3 is 34.6 Å². The van der Waals surface area contributed by atoms with E-state index in [4.69, 9.17) is 35.1 Å². The maximum atomic E-state index is 6.54. The highest BCUT2D eigenvalue weighted by atomic mass is 16.7. The van der Waals surface area contributed by atoms with Crippen LogP contribution in [0.2, 0.25) is 6.32 Å². The molecule has 0 aromatic carbocycles. The molecule has 0 bridgehead atoms. The van der Waals surface area contributed by atoms with Gasteiger partial charge in [-0.3, -0.25) is 0 Å². The predicted molar refractivity (Wildman–Crippen MR) is 159 cm³/mol. The van der Waals surface area contributed by atoms with E-state index >= 15 is 0 Å². The van der Waals surface area contributed by atoms with E-state index in [1.165, 1.54) is 24.3 Å². The first kappa shape index (κ1) is 29.7. The van der Waals surface area contributed by atoms with Crippen molar-refractivity contribution in [3.05, 3.63) is 35.1 Å². The van der Waals surface area contributed by atoms with Crippen LogP contribution in [0, 0.1) is 12.8 Å². The van der Waals surface area contributed by atoms with Crippen molar-refractivity contribution < 1.29 is 18.6 Å². The van der Waals surface area contributed by atoms with E-state index in [9.17, 15) is 0 Å². The van der Waals surface area contributed by atoms with Gasteiger partial charge in [0.25, 0.3) is 5.95 Å². The number of nitrogens with two attached hydrogens (primary N) is 2. The van der Waals surface area contributed by atoms with Gasteiger partial charge in [-0.15, -0.1) is 0 Å². The summed E-state index contributed by atoms with van der Waals surface area (Å²) in [7, 11) is 1.57. The molecule has 0 unspecified atom stereocenters. The molecular weight excluding hydrogens is 521 g/mol. The van der Waals surface area contributed by atoms with Gasteiger partial charge in [0.05, 0.1) is 46.6 Å². The number of aromatic nitrogens is 3. The van der Waals surface area contributed by atoms with Gasteiger partial charge in [0.15, 0.2) is 0 Å². The summed E-state index contributed by atoms with van der Waals surface area (Å²) in [5.74, 6) is 8.75.